The summed E-state index contributed by atoms with van der Waals surface area (Å²) >= 11 is 0. The average Bonchev–Trinajstić information content (AvgIpc) is 2.17. The Bertz CT molecular complexity index is 370. The third-order valence-electron chi connectivity index (χ3n) is 2.59. The minimum Gasteiger partial charge on any atom is -0.481 e. The Labute approximate surface area is 90.2 Å². The van der Waals surface area contributed by atoms with Gasteiger partial charge < -0.3 is 5.11 Å². The van der Waals surface area contributed by atoms with Crippen LogP contribution in [0.15, 0.2) is 18.3 Å². The van der Waals surface area contributed by atoms with E-state index in [1.54, 1.807) is 20.0 Å². The molecule has 0 aliphatic heterocycles. The van der Waals surface area contributed by atoms with Crippen LogP contribution in [0.1, 0.15) is 44.9 Å². The highest BCUT2D eigenvalue weighted by Crippen LogP contribution is 2.28. The maximum atomic E-state index is 11.2. The van der Waals surface area contributed by atoms with E-state index in [-0.39, 0.29) is 5.92 Å². The summed E-state index contributed by atoms with van der Waals surface area (Å²) < 4.78 is 0. The second-order valence-corrected chi connectivity index (χ2v) is 4.53. The molecule has 0 radical (unpaired) electrons. The van der Waals surface area contributed by atoms with E-state index < -0.39 is 11.4 Å². The van der Waals surface area contributed by atoms with Crippen molar-refractivity contribution in [2.45, 2.75) is 39.0 Å². The van der Waals surface area contributed by atoms with Gasteiger partial charge in [-0.05, 0) is 31.4 Å². The summed E-state index contributed by atoms with van der Waals surface area (Å²) in [5, 5.41) is 9.16. The average molecular weight is 207 g/mol. The van der Waals surface area contributed by atoms with Gasteiger partial charge in [-0.3, -0.25) is 9.78 Å². The molecule has 0 unspecified atom stereocenters. The molecule has 3 nitrogen and oxygen atoms in total. The molecule has 1 aromatic rings. The maximum Gasteiger partial charge on any atom is 0.315 e. The van der Waals surface area contributed by atoms with Crippen molar-refractivity contribution in [3.05, 3.63) is 29.6 Å². The summed E-state index contributed by atoms with van der Waals surface area (Å²) in [5.41, 5.74) is 0.735. The molecule has 15 heavy (non-hydrogen) atoms. The van der Waals surface area contributed by atoms with Gasteiger partial charge >= 0.3 is 5.97 Å². The van der Waals surface area contributed by atoms with Crippen molar-refractivity contribution >= 4 is 5.97 Å². The van der Waals surface area contributed by atoms with Crippen LogP contribution in [-0.2, 0) is 10.2 Å². The van der Waals surface area contributed by atoms with E-state index in [0.29, 0.717) is 5.69 Å². The maximum absolute atomic E-state index is 11.2. The van der Waals surface area contributed by atoms with Crippen molar-refractivity contribution in [1.29, 1.82) is 0 Å². The number of aromatic nitrogens is 1. The SMILES string of the molecule is CC(C)c1cccnc1C(C)(C)C(=O)O. The first kappa shape index (κ1) is 11.7. The van der Waals surface area contributed by atoms with E-state index in [2.05, 4.69) is 4.98 Å². The second kappa shape index (κ2) is 4.01. The number of hydrogen-bond donors (Lipinski definition) is 1. The molecule has 3 heteroatoms. The van der Waals surface area contributed by atoms with Gasteiger partial charge in [0.25, 0.3) is 0 Å². The van der Waals surface area contributed by atoms with E-state index in [0.717, 1.165) is 5.56 Å². The van der Waals surface area contributed by atoms with Crippen LogP contribution in [0.2, 0.25) is 0 Å². The summed E-state index contributed by atoms with van der Waals surface area (Å²) in [6.07, 6.45) is 1.64. The quantitative estimate of drug-likeness (QED) is 0.828. The van der Waals surface area contributed by atoms with Gasteiger partial charge in [0.2, 0.25) is 0 Å². The van der Waals surface area contributed by atoms with Gasteiger partial charge in [0.05, 0.1) is 5.69 Å². The largest absolute Gasteiger partial charge is 0.481 e. The van der Waals surface area contributed by atoms with E-state index in [4.69, 9.17) is 5.11 Å². The molecule has 82 valence electrons. The molecule has 0 aliphatic rings. The van der Waals surface area contributed by atoms with Crippen LogP contribution in [0.4, 0.5) is 0 Å². The van der Waals surface area contributed by atoms with Gasteiger partial charge in [-0.2, -0.15) is 0 Å². The minimum absolute atomic E-state index is 0.285. The third-order valence-corrected chi connectivity index (χ3v) is 2.59. The van der Waals surface area contributed by atoms with Crippen LogP contribution < -0.4 is 0 Å². The Kier molecular flexibility index (Phi) is 3.12. The molecule has 0 aliphatic carbocycles. The van der Waals surface area contributed by atoms with Crippen molar-refractivity contribution in [2.24, 2.45) is 0 Å². The molecule has 0 fully saturated rings. The van der Waals surface area contributed by atoms with Crippen LogP contribution in [0.25, 0.3) is 0 Å². The van der Waals surface area contributed by atoms with Crippen molar-refractivity contribution in [1.82, 2.24) is 4.98 Å². The number of nitrogens with zero attached hydrogens (tertiary/aromatic N) is 1. The van der Waals surface area contributed by atoms with Crippen LogP contribution in [0.5, 0.6) is 0 Å². The first-order valence-electron chi connectivity index (χ1n) is 5.06. The van der Waals surface area contributed by atoms with E-state index in [1.807, 2.05) is 26.0 Å². The highest BCUT2D eigenvalue weighted by atomic mass is 16.4. The lowest BCUT2D eigenvalue weighted by molar-refractivity contribution is -0.142. The lowest BCUT2D eigenvalue weighted by atomic mass is 9.83. The Hall–Kier alpha value is -1.38. The monoisotopic (exact) mass is 207 g/mol. The Morgan fingerprint density at radius 3 is 2.53 bits per heavy atom. The highest BCUT2D eigenvalue weighted by Gasteiger charge is 2.33. The third kappa shape index (κ3) is 2.17. The lowest BCUT2D eigenvalue weighted by Crippen LogP contribution is -2.31. The van der Waals surface area contributed by atoms with Crippen LogP contribution in [0, 0.1) is 0 Å². The molecule has 1 heterocycles. The first-order chi connectivity index (χ1) is 6.87. The molecule has 0 amide bonds. The minimum atomic E-state index is -0.930. The number of pyridine rings is 1. The van der Waals surface area contributed by atoms with E-state index in [1.165, 1.54) is 0 Å². The Balaban J connectivity index is 3.30. The fraction of sp³-hybridized carbons (Fsp3) is 0.500. The van der Waals surface area contributed by atoms with Crippen molar-refractivity contribution in [3.63, 3.8) is 0 Å². The summed E-state index contributed by atoms with van der Waals surface area (Å²) in [6, 6.07) is 3.79. The van der Waals surface area contributed by atoms with Crippen molar-refractivity contribution in [3.8, 4) is 0 Å². The number of carboxylic acids is 1. The lowest BCUT2D eigenvalue weighted by Gasteiger charge is -2.23. The molecule has 1 N–H and O–H groups in total. The smallest absolute Gasteiger partial charge is 0.315 e. The normalized spacial score (nSPS) is 11.8. The van der Waals surface area contributed by atoms with Gasteiger partial charge in [0.1, 0.15) is 5.41 Å². The highest BCUT2D eigenvalue weighted by molar-refractivity contribution is 5.80. The number of carbonyl (C=O) groups is 1. The molecular weight excluding hydrogens is 190 g/mol. The molecule has 0 bridgehead atoms. The summed E-state index contributed by atoms with van der Waals surface area (Å²) in [4.78, 5) is 15.4. The predicted molar refractivity (Wildman–Crippen MR) is 59.0 cm³/mol. The molecule has 0 saturated heterocycles. The molecule has 1 rings (SSSR count). The summed E-state index contributed by atoms with van der Waals surface area (Å²) in [6.45, 7) is 7.45. The number of carboxylic acid groups (broad SMARTS) is 1. The number of aliphatic carboxylic acids is 1. The first-order valence-corrected chi connectivity index (χ1v) is 5.06. The number of hydrogen-bond acceptors (Lipinski definition) is 2. The van der Waals surface area contributed by atoms with Crippen LogP contribution in [0.3, 0.4) is 0 Å². The van der Waals surface area contributed by atoms with Gasteiger partial charge in [0.15, 0.2) is 0 Å². The van der Waals surface area contributed by atoms with Gasteiger partial charge in [-0.1, -0.05) is 19.9 Å². The zero-order valence-corrected chi connectivity index (χ0v) is 9.61. The zero-order valence-electron chi connectivity index (χ0n) is 9.61. The Morgan fingerprint density at radius 1 is 1.47 bits per heavy atom. The molecule has 0 atom stereocenters. The summed E-state index contributed by atoms with van der Waals surface area (Å²) in [5.74, 6) is -0.560. The molecule has 0 aromatic carbocycles. The molecule has 0 saturated carbocycles. The zero-order chi connectivity index (χ0) is 11.6. The fourth-order valence-electron chi connectivity index (χ4n) is 1.51. The second-order valence-electron chi connectivity index (χ2n) is 4.53. The number of rotatable bonds is 3. The Morgan fingerprint density at radius 2 is 2.07 bits per heavy atom. The van der Waals surface area contributed by atoms with Gasteiger partial charge in [-0.15, -0.1) is 0 Å². The van der Waals surface area contributed by atoms with Crippen LogP contribution in [-0.4, -0.2) is 16.1 Å². The summed E-state index contributed by atoms with van der Waals surface area (Å²) in [7, 11) is 0. The molecule has 1 aromatic heterocycles. The van der Waals surface area contributed by atoms with Gasteiger partial charge in [-0.25, -0.2) is 0 Å². The fourth-order valence-corrected chi connectivity index (χ4v) is 1.51. The molecular formula is C12H17NO2. The van der Waals surface area contributed by atoms with Crippen LogP contribution >= 0.6 is 0 Å². The van der Waals surface area contributed by atoms with E-state index in [9.17, 15) is 4.79 Å². The topological polar surface area (TPSA) is 50.2 Å². The standard InChI is InChI=1S/C12H17NO2/c1-8(2)9-6-5-7-13-10(9)12(3,4)11(14)15/h5-8H,1-4H3,(H,14,15). The van der Waals surface area contributed by atoms with Gasteiger partial charge in [0, 0.05) is 6.20 Å². The van der Waals surface area contributed by atoms with E-state index >= 15 is 0 Å². The molecule has 0 spiro atoms. The van der Waals surface area contributed by atoms with Crippen molar-refractivity contribution < 1.29 is 9.90 Å². The van der Waals surface area contributed by atoms with Crippen molar-refractivity contribution in [2.75, 3.05) is 0 Å². The predicted octanol–water partition coefficient (Wildman–Crippen LogP) is 2.57.